The number of benzene rings is 1. The number of carbonyl (C=O) groups is 2. The van der Waals surface area contributed by atoms with Crippen LogP contribution in [-0.2, 0) is 10.4 Å². The Kier molecular flexibility index (Phi) is 2.95. The van der Waals surface area contributed by atoms with Gasteiger partial charge in [0, 0.05) is 5.56 Å². The van der Waals surface area contributed by atoms with Crippen LogP contribution in [0.2, 0.25) is 0 Å². The Morgan fingerprint density at radius 3 is 2.81 bits per heavy atom. The van der Waals surface area contributed by atoms with E-state index in [1.807, 2.05) is 19.9 Å². The minimum absolute atomic E-state index is 0.133. The summed E-state index contributed by atoms with van der Waals surface area (Å²) >= 11 is 0. The highest BCUT2D eigenvalue weighted by Gasteiger charge is 2.47. The van der Waals surface area contributed by atoms with Crippen LogP contribution in [0.3, 0.4) is 0 Å². The molecule has 2 aromatic rings. The smallest absolute Gasteiger partial charge is 0.261 e. The van der Waals surface area contributed by atoms with Gasteiger partial charge in [-0.3, -0.25) is 9.59 Å². The van der Waals surface area contributed by atoms with Gasteiger partial charge in [-0.05, 0) is 31.5 Å². The normalized spacial score (nSPS) is 20.2. The van der Waals surface area contributed by atoms with Crippen molar-refractivity contribution in [2.24, 2.45) is 0 Å². The third-order valence-electron chi connectivity index (χ3n) is 3.75. The molecule has 1 unspecified atom stereocenters. The number of Topliss-reactive ketones (excluding diaryl/α,β-unsaturated/α-hetero) is 1. The molecule has 0 saturated heterocycles. The maximum Gasteiger partial charge on any atom is 0.261 e. The standard InChI is InChI=1S/C16H15NO4/c1-9-6-10(2)14-11(7-9)16(20,15(19)17-14)8-12(18)13-4-3-5-21-13/h3-7,20H,8H2,1-2H3,(H,17,19). The summed E-state index contributed by atoms with van der Waals surface area (Å²) in [5.74, 6) is -0.857. The van der Waals surface area contributed by atoms with E-state index in [0.717, 1.165) is 11.1 Å². The van der Waals surface area contributed by atoms with Crippen LogP contribution in [0.15, 0.2) is 34.9 Å². The number of amides is 1. The molecular formula is C16H15NO4. The van der Waals surface area contributed by atoms with E-state index in [9.17, 15) is 14.7 Å². The Morgan fingerprint density at radius 1 is 1.38 bits per heavy atom. The van der Waals surface area contributed by atoms with Crippen molar-refractivity contribution < 1.29 is 19.1 Å². The molecule has 0 aliphatic carbocycles. The van der Waals surface area contributed by atoms with Crippen LogP contribution >= 0.6 is 0 Å². The number of fused-ring (bicyclic) bond motifs is 1. The van der Waals surface area contributed by atoms with Crippen LogP contribution < -0.4 is 5.32 Å². The van der Waals surface area contributed by atoms with Gasteiger partial charge in [0.2, 0.25) is 5.78 Å². The zero-order valence-electron chi connectivity index (χ0n) is 11.8. The highest BCUT2D eigenvalue weighted by atomic mass is 16.3. The van der Waals surface area contributed by atoms with Crippen molar-refractivity contribution in [2.75, 3.05) is 5.32 Å². The third kappa shape index (κ3) is 2.06. The lowest BCUT2D eigenvalue weighted by Crippen LogP contribution is -2.36. The largest absolute Gasteiger partial charge is 0.461 e. The van der Waals surface area contributed by atoms with Crippen molar-refractivity contribution in [3.8, 4) is 0 Å². The zero-order chi connectivity index (χ0) is 15.2. The molecule has 0 spiro atoms. The molecule has 108 valence electrons. The Bertz CT molecular complexity index is 733. The lowest BCUT2D eigenvalue weighted by molar-refractivity contribution is -0.133. The van der Waals surface area contributed by atoms with E-state index >= 15 is 0 Å². The molecule has 2 heterocycles. The van der Waals surface area contributed by atoms with Gasteiger partial charge in [0.25, 0.3) is 5.91 Å². The molecule has 5 nitrogen and oxygen atoms in total. The number of aliphatic hydroxyl groups is 1. The fraction of sp³-hybridized carbons (Fsp3) is 0.250. The van der Waals surface area contributed by atoms with E-state index in [1.54, 1.807) is 12.1 Å². The molecule has 0 fully saturated rings. The van der Waals surface area contributed by atoms with Gasteiger partial charge in [-0.2, -0.15) is 0 Å². The minimum atomic E-state index is -1.85. The molecule has 3 rings (SSSR count). The Hall–Kier alpha value is -2.40. The lowest BCUT2D eigenvalue weighted by Gasteiger charge is -2.20. The number of anilines is 1. The Balaban J connectivity index is 2.02. The van der Waals surface area contributed by atoms with Gasteiger partial charge in [0.05, 0.1) is 18.4 Å². The zero-order valence-corrected chi connectivity index (χ0v) is 11.8. The maximum atomic E-state index is 12.2. The van der Waals surface area contributed by atoms with Crippen molar-refractivity contribution in [1.29, 1.82) is 0 Å². The molecule has 0 radical (unpaired) electrons. The van der Waals surface area contributed by atoms with Gasteiger partial charge < -0.3 is 14.8 Å². The van der Waals surface area contributed by atoms with E-state index in [0.29, 0.717) is 11.3 Å². The van der Waals surface area contributed by atoms with Gasteiger partial charge in [-0.1, -0.05) is 17.7 Å². The predicted molar refractivity (Wildman–Crippen MR) is 76.1 cm³/mol. The average Bonchev–Trinajstić information content (AvgIpc) is 3.01. The molecule has 1 amide bonds. The summed E-state index contributed by atoms with van der Waals surface area (Å²) in [5.41, 5.74) is 0.965. The van der Waals surface area contributed by atoms with Crippen LogP contribution in [0.1, 0.15) is 33.7 Å². The molecule has 1 aliphatic heterocycles. The molecule has 1 aromatic carbocycles. The summed E-state index contributed by atoms with van der Waals surface area (Å²) in [7, 11) is 0. The molecule has 0 bridgehead atoms. The molecular weight excluding hydrogens is 270 g/mol. The van der Waals surface area contributed by atoms with E-state index in [1.165, 1.54) is 12.3 Å². The van der Waals surface area contributed by atoms with Crippen molar-refractivity contribution in [3.05, 3.63) is 53.0 Å². The van der Waals surface area contributed by atoms with Crippen LogP contribution in [-0.4, -0.2) is 16.8 Å². The quantitative estimate of drug-likeness (QED) is 0.848. The van der Waals surface area contributed by atoms with E-state index < -0.39 is 17.3 Å². The van der Waals surface area contributed by atoms with Gasteiger partial charge in [0.15, 0.2) is 11.4 Å². The van der Waals surface area contributed by atoms with Gasteiger partial charge >= 0.3 is 0 Å². The number of hydrogen-bond donors (Lipinski definition) is 2. The first-order valence-corrected chi connectivity index (χ1v) is 6.64. The number of furan rings is 1. The van der Waals surface area contributed by atoms with E-state index in [-0.39, 0.29) is 12.2 Å². The number of carbonyl (C=O) groups excluding carboxylic acids is 2. The first-order chi connectivity index (χ1) is 9.91. The van der Waals surface area contributed by atoms with Gasteiger partial charge in [0.1, 0.15) is 0 Å². The maximum absolute atomic E-state index is 12.2. The molecule has 1 aliphatic rings. The van der Waals surface area contributed by atoms with Crippen LogP contribution in [0.5, 0.6) is 0 Å². The third-order valence-corrected chi connectivity index (χ3v) is 3.75. The fourth-order valence-electron chi connectivity index (χ4n) is 2.73. The summed E-state index contributed by atoms with van der Waals surface area (Å²) in [4.78, 5) is 24.3. The minimum Gasteiger partial charge on any atom is -0.461 e. The van der Waals surface area contributed by atoms with E-state index in [4.69, 9.17) is 4.42 Å². The molecule has 21 heavy (non-hydrogen) atoms. The Labute approximate surface area is 121 Å². The second-order valence-electron chi connectivity index (χ2n) is 5.40. The Morgan fingerprint density at radius 2 is 2.14 bits per heavy atom. The molecule has 0 saturated carbocycles. The topological polar surface area (TPSA) is 79.5 Å². The van der Waals surface area contributed by atoms with Crippen molar-refractivity contribution in [1.82, 2.24) is 0 Å². The molecule has 5 heteroatoms. The van der Waals surface area contributed by atoms with Gasteiger partial charge in [-0.25, -0.2) is 0 Å². The second-order valence-corrected chi connectivity index (χ2v) is 5.40. The highest BCUT2D eigenvalue weighted by molar-refractivity contribution is 6.09. The van der Waals surface area contributed by atoms with Crippen LogP contribution in [0, 0.1) is 13.8 Å². The SMILES string of the molecule is Cc1cc(C)c2c(c1)C(O)(CC(=O)c1ccco1)C(=O)N2. The van der Waals surface area contributed by atoms with Crippen molar-refractivity contribution in [2.45, 2.75) is 25.9 Å². The highest BCUT2D eigenvalue weighted by Crippen LogP contribution is 2.41. The average molecular weight is 285 g/mol. The molecule has 1 aromatic heterocycles. The number of nitrogens with one attached hydrogen (secondary N) is 1. The lowest BCUT2D eigenvalue weighted by atomic mass is 9.87. The second kappa shape index (κ2) is 4.56. The van der Waals surface area contributed by atoms with Crippen molar-refractivity contribution >= 4 is 17.4 Å². The number of hydrogen-bond acceptors (Lipinski definition) is 4. The summed E-state index contributed by atoms with van der Waals surface area (Å²) in [6.07, 6.45) is 1.04. The predicted octanol–water partition coefficient (Wildman–Crippen LogP) is 2.31. The number of rotatable bonds is 3. The van der Waals surface area contributed by atoms with Crippen LogP contribution in [0.4, 0.5) is 5.69 Å². The first kappa shape index (κ1) is 13.6. The number of aryl methyl sites for hydroxylation is 2. The monoisotopic (exact) mass is 285 g/mol. The summed E-state index contributed by atoms with van der Waals surface area (Å²) in [6, 6.07) is 6.75. The summed E-state index contributed by atoms with van der Waals surface area (Å²) in [5, 5.41) is 13.4. The van der Waals surface area contributed by atoms with Crippen molar-refractivity contribution in [3.63, 3.8) is 0 Å². The summed E-state index contributed by atoms with van der Waals surface area (Å²) in [6.45, 7) is 3.73. The molecule has 2 N–H and O–H groups in total. The fourth-order valence-corrected chi connectivity index (χ4v) is 2.73. The first-order valence-electron chi connectivity index (χ1n) is 6.64. The van der Waals surface area contributed by atoms with E-state index in [2.05, 4.69) is 5.32 Å². The number of ketones is 1. The van der Waals surface area contributed by atoms with Crippen LogP contribution in [0.25, 0.3) is 0 Å². The van der Waals surface area contributed by atoms with Gasteiger partial charge in [-0.15, -0.1) is 0 Å². The molecule has 1 atom stereocenters. The summed E-state index contributed by atoms with van der Waals surface area (Å²) < 4.78 is 5.03.